The van der Waals surface area contributed by atoms with E-state index in [-0.39, 0.29) is 47.3 Å². The van der Waals surface area contributed by atoms with Crippen LogP contribution >= 0.6 is 0 Å². The minimum atomic E-state index is -4.22. The zero-order chi connectivity index (χ0) is 47.5. The molecule has 2 aliphatic heterocycles. The molecule has 0 aliphatic carbocycles. The van der Waals surface area contributed by atoms with Crippen LogP contribution in [0.5, 0.6) is 28.9 Å². The average Bonchev–Trinajstić information content (AvgIpc) is 3.71. The van der Waals surface area contributed by atoms with Crippen LogP contribution in [0.15, 0.2) is 131 Å². The summed E-state index contributed by atoms with van der Waals surface area (Å²) in [4.78, 5) is 31.2. The number of para-hydroxylation sites is 1. The molecule has 10 rings (SSSR count). The van der Waals surface area contributed by atoms with Crippen molar-refractivity contribution in [3.8, 4) is 62.7 Å². The molecule has 2 atom stereocenters. The van der Waals surface area contributed by atoms with Gasteiger partial charge < -0.3 is 33.2 Å². The molecule has 0 saturated heterocycles. The highest BCUT2D eigenvalue weighted by Gasteiger charge is 2.31. The number of rotatable bonds is 11. The van der Waals surface area contributed by atoms with Crippen LogP contribution in [0.1, 0.15) is 27.9 Å². The monoisotopic (exact) mass is 938 g/mol. The van der Waals surface area contributed by atoms with Crippen molar-refractivity contribution in [2.24, 2.45) is 0 Å². The molecule has 68 heavy (non-hydrogen) atoms. The lowest BCUT2D eigenvalue weighted by atomic mass is 9.92. The van der Waals surface area contributed by atoms with Crippen molar-refractivity contribution >= 4 is 27.2 Å². The number of carboxylic acids is 1. The Hall–Kier alpha value is -7.89. The van der Waals surface area contributed by atoms with Crippen molar-refractivity contribution in [1.82, 2.24) is 19.9 Å². The highest BCUT2D eigenvalue weighted by Crippen LogP contribution is 2.47. The maximum Gasteiger partial charge on any atom is 0.345 e. The molecule has 2 aliphatic rings. The van der Waals surface area contributed by atoms with Gasteiger partial charge >= 0.3 is 5.97 Å². The Balaban J connectivity index is 1.14. The van der Waals surface area contributed by atoms with Gasteiger partial charge in [0.2, 0.25) is 17.7 Å². The maximum atomic E-state index is 14.3. The maximum absolute atomic E-state index is 14.3. The molecule has 0 radical (unpaired) electrons. The summed E-state index contributed by atoms with van der Waals surface area (Å²) >= 11 is 0. The minimum absolute atomic E-state index is 0.0228. The van der Waals surface area contributed by atoms with Gasteiger partial charge in [0.25, 0.3) is 10.1 Å². The molecular weight excluding hydrogens is 896 g/mol. The van der Waals surface area contributed by atoms with E-state index in [1.165, 1.54) is 30.6 Å². The number of ether oxygens (including phenoxy) is 5. The molecule has 15 nitrogen and oxygen atoms in total. The number of fused-ring (bicyclic) bond motifs is 7. The van der Waals surface area contributed by atoms with Crippen molar-refractivity contribution < 1.29 is 55.0 Å². The second-order valence-corrected chi connectivity index (χ2v) is 17.6. The van der Waals surface area contributed by atoms with Gasteiger partial charge in [-0.05, 0) is 122 Å². The molecule has 17 heteroatoms. The topological polar surface area (TPSA) is 192 Å². The van der Waals surface area contributed by atoms with Crippen molar-refractivity contribution in [1.29, 1.82) is 0 Å². The lowest BCUT2D eigenvalue weighted by Crippen LogP contribution is -2.31. The van der Waals surface area contributed by atoms with E-state index >= 15 is 0 Å². The summed E-state index contributed by atoms with van der Waals surface area (Å²) in [6.45, 7) is 4.87. The number of halogens is 1. The van der Waals surface area contributed by atoms with Crippen LogP contribution in [-0.2, 0) is 32.1 Å². The Morgan fingerprint density at radius 3 is 2.35 bits per heavy atom. The quantitative estimate of drug-likeness (QED) is 0.121. The highest BCUT2D eigenvalue weighted by molar-refractivity contribution is 7.86. The lowest BCUT2D eigenvalue weighted by molar-refractivity contribution is -0.145. The Kier molecular flexibility index (Phi) is 12.7. The van der Waals surface area contributed by atoms with Crippen molar-refractivity contribution in [2.45, 2.75) is 50.9 Å². The Morgan fingerprint density at radius 1 is 0.838 bits per heavy atom. The van der Waals surface area contributed by atoms with Gasteiger partial charge in [0.05, 0.1) is 23.3 Å². The molecular formula is C51H43FN4O11S. The summed E-state index contributed by atoms with van der Waals surface area (Å²) in [5.41, 5.74) is 5.53. The van der Waals surface area contributed by atoms with Gasteiger partial charge in [0, 0.05) is 29.3 Å². The van der Waals surface area contributed by atoms with Gasteiger partial charge in [-0.3, -0.25) is 4.18 Å². The van der Waals surface area contributed by atoms with Gasteiger partial charge in [-0.15, -0.1) is 0 Å². The van der Waals surface area contributed by atoms with Gasteiger partial charge in [0.1, 0.15) is 66.1 Å². The third-order valence-electron chi connectivity index (χ3n) is 11.2. The molecule has 0 amide bonds. The van der Waals surface area contributed by atoms with Crippen LogP contribution in [0.4, 0.5) is 4.39 Å². The van der Waals surface area contributed by atoms with E-state index in [0.29, 0.717) is 73.5 Å². The first-order valence-corrected chi connectivity index (χ1v) is 22.8. The summed E-state index contributed by atoms with van der Waals surface area (Å²) < 4.78 is 84.1. The summed E-state index contributed by atoms with van der Waals surface area (Å²) in [6, 6.07) is 29.5. The van der Waals surface area contributed by atoms with Crippen LogP contribution in [0, 0.1) is 26.6 Å². The largest absolute Gasteiger partial charge is 0.496 e. The first kappa shape index (κ1) is 45.3. The molecule has 5 heterocycles. The molecule has 0 fully saturated rings. The van der Waals surface area contributed by atoms with E-state index in [9.17, 15) is 22.7 Å². The predicted octanol–water partition coefficient (Wildman–Crippen LogP) is 9.29. The van der Waals surface area contributed by atoms with Crippen LogP contribution in [-0.4, -0.2) is 72.0 Å². The van der Waals surface area contributed by atoms with Crippen LogP contribution in [0.2, 0.25) is 0 Å². The fourth-order valence-corrected chi connectivity index (χ4v) is 8.85. The number of methoxy groups -OCH3 is 1. The zero-order valence-electron chi connectivity index (χ0n) is 37.1. The molecule has 1 N–H and O–H groups in total. The Bertz CT molecular complexity index is 3250. The van der Waals surface area contributed by atoms with Crippen molar-refractivity contribution in [2.75, 3.05) is 20.3 Å². The third kappa shape index (κ3) is 9.65. The summed E-state index contributed by atoms with van der Waals surface area (Å²) in [5, 5.41) is 11.1. The number of nitrogens with zero attached hydrogens (tertiary/aromatic N) is 4. The van der Waals surface area contributed by atoms with E-state index in [0.717, 1.165) is 5.56 Å². The number of aryl methyl sites for hydroxylation is 3. The summed E-state index contributed by atoms with van der Waals surface area (Å²) in [7, 11) is -2.65. The van der Waals surface area contributed by atoms with E-state index in [1.807, 2.05) is 45.0 Å². The summed E-state index contributed by atoms with van der Waals surface area (Å²) in [5.74, 6) is 0.410. The number of hydrogen-bond acceptors (Lipinski definition) is 14. The van der Waals surface area contributed by atoms with E-state index in [1.54, 1.807) is 74.0 Å². The predicted molar refractivity (Wildman–Crippen MR) is 247 cm³/mol. The van der Waals surface area contributed by atoms with Crippen LogP contribution in [0.3, 0.4) is 0 Å². The second-order valence-electron chi connectivity index (χ2n) is 16.0. The molecule has 0 spiro atoms. The highest BCUT2D eigenvalue weighted by atomic mass is 32.2. The van der Waals surface area contributed by atoms with Gasteiger partial charge in [0.15, 0.2) is 11.9 Å². The van der Waals surface area contributed by atoms with E-state index in [2.05, 4.69) is 15.0 Å². The van der Waals surface area contributed by atoms with Gasteiger partial charge in [-0.1, -0.05) is 29.8 Å². The van der Waals surface area contributed by atoms with E-state index in [4.69, 9.17) is 37.3 Å². The zero-order valence-corrected chi connectivity index (χ0v) is 38.0. The first-order valence-electron chi connectivity index (χ1n) is 21.3. The number of hydrogen-bond donors (Lipinski definition) is 1. The Labute approximate surface area is 390 Å². The number of benzene rings is 5. The standard InChI is InChI=1S/C51H43FN4O11S/c1-29-9-16-39(17-10-29)68(59,60)64-27-38-26-62-36-15-18-41(63-25-35-19-20-53-48(56-35)40-7-5-6-8-42(40)61-4)33(23-36)24-43(51(57)58)66-49-46-45(44-30(2)21-37(65-38)22-31(44)3)47(67-50(46)55-28-54-49)32-11-13-34(52)14-12-32/h5-23,28,38,43H,24-27H2,1-4H3,(H,57,58)/t38-,43+/m0/s1. The average molecular weight is 939 g/mol. The molecule has 3 aromatic heterocycles. The fourth-order valence-electron chi connectivity index (χ4n) is 7.91. The number of carboxylic acid groups (broad SMARTS) is 1. The molecule has 0 unspecified atom stereocenters. The van der Waals surface area contributed by atoms with Crippen molar-refractivity contribution in [3.63, 3.8) is 0 Å². The minimum Gasteiger partial charge on any atom is -0.496 e. The van der Waals surface area contributed by atoms with Gasteiger partial charge in [-0.2, -0.15) is 8.42 Å². The van der Waals surface area contributed by atoms with E-state index < -0.39 is 40.7 Å². The number of furan rings is 1. The third-order valence-corrected chi connectivity index (χ3v) is 12.5. The van der Waals surface area contributed by atoms with Crippen LogP contribution in [0.25, 0.3) is 44.9 Å². The smallest absolute Gasteiger partial charge is 0.345 e. The first-order chi connectivity index (χ1) is 32.8. The Morgan fingerprint density at radius 2 is 1.60 bits per heavy atom. The normalized spacial score (nSPS) is 14.9. The van der Waals surface area contributed by atoms with Crippen molar-refractivity contribution in [3.05, 3.63) is 155 Å². The van der Waals surface area contributed by atoms with Gasteiger partial charge in [-0.25, -0.2) is 29.1 Å². The molecule has 0 saturated carbocycles. The number of aromatic nitrogens is 4. The molecule has 346 valence electrons. The number of carbonyl (C=O) groups is 1. The SMILES string of the molecule is COc1ccccc1-c1nccc(COc2ccc3cc2C[C@H](C(=O)O)Oc2ncnc4oc(-c5ccc(F)cc5)c(c24)-c2c(C)cc(cc2C)O[C@H](COS(=O)(=O)c2ccc(C)cc2)CO3)n1. The molecule has 8 aromatic rings. The lowest BCUT2D eigenvalue weighted by Gasteiger charge is -2.22. The second kappa shape index (κ2) is 19.1. The number of aliphatic carboxylic acids is 1. The fraction of sp³-hybridized carbons (Fsp3) is 0.196. The summed E-state index contributed by atoms with van der Waals surface area (Å²) in [6.07, 6.45) is 0.00463. The molecule has 4 bridgehead atoms. The molecule has 5 aromatic carbocycles. The van der Waals surface area contributed by atoms with Crippen LogP contribution < -0.4 is 23.7 Å².